The maximum absolute atomic E-state index is 15.0. The lowest BCUT2D eigenvalue weighted by Gasteiger charge is -2.40. The van der Waals surface area contributed by atoms with Gasteiger partial charge in [0, 0.05) is 24.3 Å². The van der Waals surface area contributed by atoms with E-state index in [9.17, 15) is 24.9 Å². The normalized spacial score (nSPS) is 13.5. The van der Waals surface area contributed by atoms with Crippen molar-refractivity contribution in [1.82, 2.24) is 0 Å². The quantitative estimate of drug-likeness (QED) is 0.0750. The van der Waals surface area contributed by atoms with Crippen LogP contribution in [0.3, 0.4) is 0 Å². The summed E-state index contributed by atoms with van der Waals surface area (Å²) in [6, 6.07) is 31.5. The first-order chi connectivity index (χ1) is 32.5. The average molecular weight is 967 g/mol. The molecule has 71 heavy (non-hydrogen) atoms. The van der Waals surface area contributed by atoms with E-state index in [1.165, 1.54) is 0 Å². The van der Waals surface area contributed by atoms with Crippen LogP contribution < -0.4 is 0 Å². The fourth-order valence-corrected chi connectivity index (χ4v) is 9.59. The maximum atomic E-state index is 15.0. The van der Waals surface area contributed by atoms with Crippen molar-refractivity contribution in [3.05, 3.63) is 158 Å². The molecule has 3 N–H and O–H groups in total. The number of benzene rings is 5. The Morgan fingerprint density at radius 3 is 0.958 bits per heavy atom. The average Bonchev–Trinajstić information content (AvgIpc) is 3.24. The molecule has 384 valence electrons. The van der Waals surface area contributed by atoms with Crippen molar-refractivity contribution in [3.8, 4) is 17.2 Å². The van der Waals surface area contributed by atoms with E-state index in [0.717, 1.165) is 55.6 Å². The monoisotopic (exact) mass is 967 g/mol. The number of hydrogen-bond acceptors (Lipinski definition) is 7. The number of aryl methyl sites for hydroxylation is 2. The number of carbonyl (C=O) groups excluding carboxylic acids is 2. The van der Waals surface area contributed by atoms with Crippen LogP contribution in [0, 0.1) is 5.92 Å². The van der Waals surface area contributed by atoms with E-state index in [0.29, 0.717) is 31.2 Å². The molecule has 5 rings (SSSR count). The van der Waals surface area contributed by atoms with Crippen molar-refractivity contribution in [2.45, 2.75) is 201 Å². The van der Waals surface area contributed by atoms with Crippen molar-refractivity contribution in [2.75, 3.05) is 0 Å². The molecule has 5 aromatic rings. The Morgan fingerprint density at radius 1 is 0.394 bits per heavy atom. The SMILES string of the molecule is CC(C)(C)c1cc(CCC(=O)OC(OC(=O)CCc2cc(C(C)(C)C)c(O)c(C(C)(C)C)c2)(c2ccccc2)C(Cc2ccccc2)Cc2cc(C(C)(C)C)c(O)c(C(C)(C)C)c2)cc(C(C)(C)C)c1O. The minimum absolute atomic E-state index is 0.0254. The minimum Gasteiger partial charge on any atom is -0.507 e. The molecule has 7 heteroatoms. The Balaban J connectivity index is 1.72. The Morgan fingerprint density at radius 2 is 0.662 bits per heavy atom. The van der Waals surface area contributed by atoms with E-state index in [2.05, 4.69) is 137 Å². The van der Waals surface area contributed by atoms with Crippen LogP contribution >= 0.6 is 0 Å². The third-order valence-electron chi connectivity index (χ3n) is 13.6. The minimum atomic E-state index is -1.92. The highest BCUT2D eigenvalue weighted by Crippen LogP contribution is 2.46. The van der Waals surface area contributed by atoms with Gasteiger partial charge in [0.05, 0.1) is 0 Å². The molecule has 0 heterocycles. The molecule has 0 amide bonds. The molecule has 1 unspecified atom stereocenters. The highest BCUT2D eigenvalue weighted by Gasteiger charge is 2.49. The summed E-state index contributed by atoms with van der Waals surface area (Å²) in [5, 5.41) is 34.9. The molecule has 7 nitrogen and oxygen atoms in total. The highest BCUT2D eigenvalue weighted by atomic mass is 16.7. The van der Waals surface area contributed by atoms with Gasteiger partial charge in [-0.2, -0.15) is 0 Å². The van der Waals surface area contributed by atoms with Gasteiger partial charge in [0.15, 0.2) is 0 Å². The second-order valence-electron chi connectivity index (χ2n) is 26.2. The van der Waals surface area contributed by atoms with Gasteiger partial charge >= 0.3 is 11.9 Å². The van der Waals surface area contributed by atoms with Crippen molar-refractivity contribution in [1.29, 1.82) is 0 Å². The molecule has 5 aromatic carbocycles. The van der Waals surface area contributed by atoms with Gasteiger partial charge in [0.2, 0.25) is 0 Å². The Hall–Kier alpha value is -5.56. The third-order valence-corrected chi connectivity index (χ3v) is 13.6. The van der Waals surface area contributed by atoms with Crippen LogP contribution in [0.15, 0.2) is 97.1 Å². The highest BCUT2D eigenvalue weighted by molar-refractivity contribution is 5.73. The molecule has 0 radical (unpaired) electrons. The molecule has 0 aliphatic rings. The first-order valence-corrected chi connectivity index (χ1v) is 25.7. The maximum Gasteiger partial charge on any atom is 0.309 e. The number of phenols is 3. The standard InChI is InChI=1S/C64H86O7/c1-58(2,3)47-35-42(36-48(55(47)67)59(4,5)6)29-31-53(65)70-64(45-27-23-20-24-28-45,71-54(66)32-30-43-37-49(60(7,8)9)56(68)50(38-43)61(10,11)12)46(33-41-25-21-19-22-26-41)34-44-39-51(62(13,14)15)57(69)52(40-44)63(16,17)18/h19-28,35-40,46,67-69H,29-34H2,1-18H3. The molecular formula is C64H86O7. The van der Waals surface area contributed by atoms with Gasteiger partial charge in [-0.15, -0.1) is 0 Å². The smallest absolute Gasteiger partial charge is 0.309 e. The van der Waals surface area contributed by atoms with Crippen molar-refractivity contribution >= 4 is 11.9 Å². The zero-order valence-electron chi connectivity index (χ0n) is 46.5. The lowest BCUT2D eigenvalue weighted by molar-refractivity contribution is -0.256. The van der Waals surface area contributed by atoms with Crippen molar-refractivity contribution in [2.24, 2.45) is 5.92 Å². The summed E-state index contributed by atoms with van der Waals surface area (Å²) in [4.78, 5) is 30.0. The second kappa shape index (κ2) is 20.9. The van der Waals surface area contributed by atoms with Crippen LogP contribution in [0.1, 0.15) is 199 Å². The van der Waals surface area contributed by atoms with Gasteiger partial charge in [0.25, 0.3) is 5.79 Å². The van der Waals surface area contributed by atoms with Crippen LogP contribution in [-0.4, -0.2) is 27.3 Å². The molecule has 0 fully saturated rings. The molecule has 1 atom stereocenters. The molecule has 0 aromatic heterocycles. The van der Waals surface area contributed by atoms with Gasteiger partial charge in [-0.25, -0.2) is 0 Å². The number of phenolic OH excluding ortho intramolecular Hbond substituents is 3. The number of hydrogen-bond donors (Lipinski definition) is 3. The number of carbonyl (C=O) groups is 2. The van der Waals surface area contributed by atoms with Gasteiger partial charge in [-0.1, -0.05) is 222 Å². The molecule has 0 saturated carbocycles. The van der Waals surface area contributed by atoms with E-state index in [4.69, 9.17) is 9.47 Å². The van der Waals surface area contributed by atoms with Crippen LogP contribution in [0.25, 0.3) is 0 Å². The molecular weight excluding hydrogens is 881 g/mol. The molecule has 0 aliphatic heterocycles. The summed E-state index contributed by atoms with van der Waals surface area (Å²) in [7, 11) is 0. The van der Waals surface area contributed by atoms with Crippen molar-refractivity contribution in [3.63, 3.8) is 0 Å². The van der Waals surface area contributed by atoms with Gasteiger partial charge in [-0.05, 0) is 114 Å². The third kappa shape index (κ3) is 13.9. The summed E-state index contributed by atoms with van der Waals surface area (Å²) in [6.07, 6.45) is 1.28. The van der Waals surface area contributed by atoms with Crippen LogP contribution in [0.4, 0.5) is 0 Å². The summed E-state index contributed by atoms with van der Waals surface area (Å²) >= 11 is 0. The first kappa shape index (κ1) is 56.4. The molecule has 0 aliphatic carbocycles. The predicted molar refractivity (Wildman–Crippen MR) is 291 cm³/mol. The second-order valence-corrected chi connectivity index (χ2v) is 26.2. The van der Waals surface area contributed by atoms with Crippen LogP contribution in [0.5, 0.6) is 17.2 Å². The number of ether oxygens (including phenoxy) is 2. The number of esters is 2. The van der Waals surface area contributed by atoms with E-state index < -0.39 is 34.5 Å². The predicted octanol–water partition coefficient (Wildman–Crippen LogP) is 15.2. The topological polar surface area (TPSA) is 113 Å². The fraction of sp³-hybridized carbons (Fsp3) is 0.500. The number of aromatic hydroxyl groups is 3. The molecule has 0 bridgehead atoms. The van der Waals surface area contributed by atoms with Crippen LogP contribution in [-0.2, 0) is 83.0 Å². The zero-order valence-corrected chi connectivity index (χ0v) is 46.5. The summed E-state index contributed by atoms with van der Waals surface area (Å²) in [5.41, 5.74) is 6.74. The van der Waals surface area contributed by atoms with E-state index in [-0.39, 0.29) is 51.8 Å². The Bertz CT molecular complexity index is 2440. The largest absolute Gasteiger partial charge is 0.507 e. The lowest BCUT2D eigenvalue weighted by Crippen LogP contribution is -2.46. The van der Waals surface area contributed by atoms with Crippen molar-refractivity contribution < 1.29 is 34.4 Å². The Labute approximate surface area is 427 Å². The molecule has 0 spiro atoms. The first-order valence-electron chi connectivity index (χ1n) is 25.7. The summed E-state index contributed by atoms with van der Waals surface area (Å²) < 4.78 is 13.9. The molecule has 0 saturated heterocycles. The van der Waals surface area contributed by atoms with E-state index in [1.54, 1.807) is 0 Å². The van der Waals surface area contributed by atoms with Gasteiger partial charge in [0.1, 0.15) is 17.2 Å². The Kier molecular flexibility index (Phi) is 16.6. The summed E-state index contributed by atoms with van der Waals surface area (Å²) in [5.74, 6) is -2.86. The zero-order chi connectivity index (χ0) is 53.3. The van der Waals surface area contributed by atoms with Gasteiger partial charge in [-0.3, -0.25) is 9.59 Å². The van der Waals surface area contributed by atoms with E-state index >= 15 is 0 Å². The van der Waals surface area contributed by atoms with Crippen LogP contribution in [0.2, 0.25) is 0 Å². The van der Waals surface area contributed by atoms with E-state index in [1.807, 2.05) is 84.9 Å². The fourth-order valence-electron chi connectivity index (χ4n) is 9.59. The summed E-state index contributed by atoms with van der Waals surface area (Å²) in [6.45, 7) is 37.3. The lowest BCUT2D eigenvalue weighted by atomic mass is 9.76. The van der Waals surface area contributed by atoms with Gasteiger partial charge < -0.3 is 24.8 Å². The number of rotatable bonds is 14.